The summed E-state index contributed by atoms with van der Waals surface area (Å²) >= 11 is 7.87. The quantitative estimate of drug-likeness (QED) is 0.575. The molecule has 0 saturated heterocycles. The van der Waals surface area contributed by atoms with Gasteiger partial charge in [-0.3, -0.25) is 4.90 Å². The molecule has 0 radical (unpaired) electrons. The second kappa shape index (κ2) is 8.09. The molecule has 140 valence electrons. The van der Waals surface area contributed by atoms with Crippen molar-refractivity contribution in [1.29, 1.82) is 0 Å². The van der Waals surface area contributed by atoms with Gasteiger partial charge in [0.15, 0.2) is 0 Å². The van der Waals surface area contributed by atoms with Gasteiger partial charge >= 0.3 is 0 Å². The van der Waals surface area contributed by atoms with Crippen LogP contribution in [0.5, 0.6) is 0 Å². The van der Waals surface area contributed by atoms with E-state index in [0.717, 1.165) is 54.6 Å². The molecule has 0 N–H and O–H groups in total. The summed E-state index contributed by atoms with van der Waals surface area (Å²) in [6.45, 7) is 7.41. The summed E-state index contributed by atoms with van der Waals surface area (Å²) in [5.41, 5.74) is 6.13. The Kier molecular flexibility index (Phi) is 5.58. The van der Waals surface area contributed by atoms with Gasteiger partial charge < -0.3 is 0 Å². The van der Waals surface area contributed by atoms with Crippen molar-refractivity contribution in [1.82, 2.24) is 14.9 Å². The topological polar surface area (TPSA) is 29.0 Å². The molecule has 0 aliphatic carbocycles. The standard InChI is InChI=1S/C22H24ClN3S/c1-15(2)22-24-20-8-11-26(13-16-9-12-27-14-16)10-7-19(20)21(25-22)17-3-5-18(23)6-4-17/h3-6,9,12,14-15H,7-8,10-11,13H2,1-2H3. The number of hydrogen-bond acceptors (Lipinski definition) is 4. The van der Waals surface area contributed by atoms with E-state index in [1.165, 1.54) is 16.8 Å². The number of rotatable bonds is 4. The van der Waals surface area contributed by atoms with E-state index in [9.17, 15) is 0 Å². The molecule has 3 aromatic rings. The van der Waals surface area contributed by atoms with Crippen LogP contribution in [0.3, 0.4) is 0 Å². The van der Waals surface area contributed by atoms with Crippen molar-refractivity contribution in [2.45, 2.75) is 39.2 Å². The zero-order valence-corrected chi connectivity index (χ0v) is 17.4. The van der Waals surface area contributed by atoms with Crippen molar-refractivity contribution in [3.63, 3.8) is 0 Å². The third-order valence-electron chi connectivity index (χ3n) is 5.07. The first kappa shape index (κ1) is 18.6. The zero-order chi connectivity index (χ0) is 18.8. The minimum absolute atomic E-state index is 0.312. The van der Waals surface area contributed by atoms with Crippen LogP contribution in [0.4, 0.5) is 0 Å². The van der Waals surface area contributed by atoms with Crippen molar-refractivity contribution >= 4 is 22.9 Å². The van der Waals surface area contributed by atoms with Crippen LogP contribution in [0, 0.1) is 0 Å². The van der Waals surface area contributed by atoms with Crippen LogP contribution in [0.25, 0.3) is 11.3 Å². The molecule has 0 fully saturated rings. The summed E-state index contributed by atoms with van der Waals surface area (Å²) in [6.07, 6.45) is 1.96. The van der Waals surface area contributed by atoms with Crippen LogP contribution in [0.15, 0.2) is 41.1 Å². The Morgan fingerprint density at radius 3 is 2.56 bits per heavy atom. The average Bonchev–Trinajstić information content (AvgIpc) is 3.09. The molecule has 1 aromatic carbocycles. The summed E-state index contributed by atoms with van der Waals surface area (Å²) in [5, 5.41) is 5.15. The number of fused-ring (bicyclic) bond motifs is 1. The SMILES string of the molecule is CC(C)c1nc2c(c(-c3ccc(Cl)cc3)n1)CCN(Cc1ccsc1)CC2. The monoisotopic (exact) mass is 397 g/mol. The third-order valence-corrected chi connectivity index (χ3v) is 6.06. The van der Waals surface area contributed by atoms with Gasteiger partial charge in [-0.05, 0) is 40.9 Å². The van der Waals surface area contributed by atoms with Crippen LogP contribution < -0.4 is 0 Å². The first-order chi connectivity index (χ1) is 13.1. The average molecular weight is 398 g/mol. The first-order valence-electron chi connectivity index (χ1n) is 9.49. The van der Waals surface area contributed by atoms with Crippen LogP contribution >= 0.6 is 22.9 Å². The normalized spacial score (nSPS) is 15.0. The van der Waals surface area contributed by atoms with Gasteiger partial charge in [-0.25, -0.2) is 9.97 Å². The second-order valence-electron chi connectivity index (χ2n) is 7.42. The number of hydrogen-bond donors (Lipinski definition) is 0. The van der Waals surface area contributed by atoms with E-state index in [0.29, 0.717) is 5.92 Å². The van der Waals surface area contributed by atoms with Gasteiger partial charge in [0, 0.05) is 53.8 Å². The third kappa shape index (κ3) is 4.23. The van der Waals surface area contributed by atoms with E-state index in [1.54, 1.807) is 11.3 Å². The lowest BCUT2D eigenvalue weighted by Gasteiger charge is -2.18. The maximum absolute atomic E-state index is 6.10. The number of halogens is 1. The molecule has 4 rings (SSSR count). The smallest absolute Gasteiger partial charge is 0.131 e. The predicted molar refractivity (Wildman–Crippen MR) is 114 cm³/mol. The van der Waals surface area contributed by atoms with Crippen LogP contribution in [0.2, 0.25) is 5.02 Å². The highest BCUT2D eigenvalue weighted by Crippen LogP contribution is 2.29. The van der Waals surface area contributed by atoms with E-state index in [4.69, 9.17) is 21.6 Å². The number of thiophene rings is 1. The Labute approximate surface area is 170 Å². The van der Waals surface area contributed by atoms with Crippen LogP contribution in [-0.4, -0.2) is 28.0 Å². The van der Waals surface area contributed by atoms with Crippen molar-refractivity contribution in [3.05, 3.63) is 68.8 Å². The van der Waals surface area contributed by atoms with E-state index >= 15 is 0 Å². The van der Waals surface area contributed by atoms with Gasteiger partial charge in [0.2, 0.25) is 0 Å². The molecular formula is C22H24ClN3S. The Morgan fingerprint density at radius 1 is 1.07 bits per heavy atom. The van der Waals surface area contributed by atoms with Crippen LogP contribution in [-0.2, 0) is 19.4 Å². The Balaban J connectivity index is 1.68. The van der Waals surface area contributed by atoms with Crippen molar-refractivity contribution in [2.24, 2.45) is 0 Å². The fourth-order valence-electron chi connectivity index (χ4n) is 3.57. The van der Waals surface area contributed by atoms with Gasteiger partial charge in [0.05, 0.1) is 5.69 Å². The molecule has 3 nitrogen and oxygen atoms in total. The van der Waals surface area contributed by atoms with Gasteiger partial charge in [0.1, 0.15) is 5.82 Å². The molecule has 2 aromatic heterocycles. The summed E-state index contributed by atoms with van der Waals surface area (Å²) in [6, 6.07) is 10.3. The van der Waals surface area contributed by atoms with E-state index in [1.807, 2.05) is 12.1 Å². The van der Waals surface area contributed by atoms with Crippen LogP contribution in [0.1, 0.15) is 42.4 Å². The predicted octanol–water partition coefficient (Wildman–Crippen LogP) is 5.58. The van der Waals surface area contributed by atoms with Crippen molar-refractivity contribution in [2.75, 3.05) is 13.1 Å². The largest absolute Gasteiger partial charge is 0.298 e. The fraction of sp³-hybridized carbons (Fsp3) is 0.364. The molecule has 0 unspecified atom stereocenters. The van der Waals surface area contributed by atoms with Gasteiger partial charge in [-0.15, -0.1) is 0 Å². The first-order valence-corrected chi connectivity index (χ1v) is 10.8. The highest BCUT2D eigenvalue weighted by molar-refractivity contribution is 7.07. The molecule has 1 aliphatic heterocycles. The lowest BCUT2D eigenvalue weighted by molar-refractivity contribution is 0.279. The summed E-state index contributed by atoms with van der Waals surface area (Å²) in [5.74, 6) is 1.25. The maximum Gasteiger partial charge on any atom is 0.131 e. The molecule has 5 heteroatoms. The van der Waals surface area contributed by atoms with E-state index in [-0.39, 0.29) is 0 Å². The Hall–Kier alpha value is -1.75. The van der Waals surface area contributed by atoms with Crippen molar-refractivity contribution < 1.29 is 0 Å². The van der Waals surface area contributed by atoms with Gasteiger partial charge in [-0.1, -0.05) is 37.6 Å². The zero-order valence-electron chi connectivity index (χ0n) is 15.8. The summed E-state index contributed by atoms with van der Waals surface area (Å²) < 4.78 is 0. The van der Waals surface area contributed by atoms with E-state index in [2.05, 4.69) is 47.7 Å². The molecule has 3 heterocycles. The van der Waals surface area contributed by atoms with Crippen molar-refractivity contribution in [3.8, 4) is 11.3 Å². The molecular weight excluding hydrogens is 374 g/mol. The second-order valence-corrected chi connectivity index (χ2v) is 8.64. The highest BCUT2D eigenvalue weighted by Gasteiger charge is 2.22. The number of nitrogens with zero attached hydrogens (tertiary/aromatic N) is 3. The summed E-state index contributed by atoms with van der Waals surface area (Å²) in [4.78, 5) is 12.4. The van der Waals surface area contributed by atoms with E-state index < -0.39 is 0 Å². The fourth-order valence-corrected chi connectivity index (χ4v) is 4.35. The molecule has 1 aliphatic rings. The molecule has 0 amide bonds. The molecule has 0 spiro atoms. The molecule has 27 heavy (non-hydrogen) atoms. The molecule has 0 saturated carbocycles. The molecule has 0 atom stereocenters. The number of aromatic nitrogens is 2. The van der Waals surface area contributed by atoms with Gasteiger partial charge in [0.25, 0.3) is 0 Å². The lowest BCUT2D eigenvalue weighted by Crippen LogP contribution is -2.25. The Bertz CT molecular complexity index is 904. The minimum atomic E-state index is 0.312. The number of benzene rings is 1. The Morgan fingerprint density at radius 2 is 1.85 bits per heavy atom. The summed E-state index contributed by atoms with van der Waals surface area (Å²) in [7, 11) is 0. The lowest BCUT2D eigenvalue weighted by atomic mass is 10.00. The molecule has 0 bridgehead atoms. The minimum Gasteiger partial charge on any atom is -0.298 e. The maximum atomic E-state index is 6.10. The highest BCUT2D eigenvalue weighted by atomic mass is 35.5. The van der Waals surface area contributed by atoms with Gasteiger partial charge in [-0.2, -0.15) is 11.3 Å².